The van der Waals surface area contributed by atoms with E-state index in [0.29, 0.717) is 19.1 Å². The van der Waals surface area contributed by atoms with Crippen molar-refractivity contribution in [2.24, 2.45) is 0 Å². The molecule has 2 aliphatic rings. The summed E-state index contributed by atoms with van der Waals surface area (Å²) in [6.45, 7) is 4.78. The highest BCUT2D eigenvalue weighted by Crippen LogP contribution is 2.30. The van der Waals surface area contributed by atoms with Crippen LogP contribution in [0.15, 0.2) is 6.07 Å². The van der Waals surface area contributed by atoms with Gasteiger partial charge in [-0.1, -0.05) is 0 Å². The zero-order chi connectivity index (χ0) is 18.0. The van der Waals surface area contributed by atoms with Crippen molar-refractivity contribution in [1.82, 2.24) is 14.8 Å². The molecule has 0 aromatic carbocycles. The second-order valence-electron chi connectivity index (χ2n) is 6.98. The number of hydrogen-bond acceptors (Lipinski definition) is 6. The van der Waals surface area contributed by atoms with E-state index in [-0.39, 0.29) is 5.91 Å². The molecule has 1 amide bonds. The van der Waals surface area contributed by atoms with Gasteiger partial charge in [0.05, 0.1) is 6.54 Å². The van der Waals surface area contributed by atoms with Crippen molar-refractivity contribution < 1.29 is 14.3 Å². The molecule has 0 bridgehead atoms. The van der Waals surface area contributed by atoms with Crippen LogP contribution in [0.4, 0.5) is 5.82 Å². The molecule has 1 atom stereocenters. The van der Waals surface area contributed by atoms with Crippen molar-refractivity contribution in [1.29, 1.82) is 0 Å². The fourth-order valence-electron chi connectivity index (χ4n) is 3.46. The molecule has 0 unspecified atom stereocenters. The first kappa shape index (κ1) is 18.1. The SMILES string of the molecule is COC(OC)c1nc2c(cc1CN1CCN(C)CC1=O)CC[C@H](C)N2. The molecule has 3 rings (SSSR count). The van der Waals surface area contributed by atoms with Crippen LogP contribution in [0.3, 0.4) is 0 Å². The lowest BCUT2D eigenvalue weighted by Gasteiger charge is -2.33. The van der Waals surface area contributed by atoms with Crippen LogP contribution in [-0.4, -0.2) is 67.6 Å². The Morgan fingerprint density at radius 3 is 2.80 bits per heavy atom. The van der Waals surface area contributed by atoms with Crippen molar-refractivity contribution in [3.63, 3.8) is 0 Å². The standard InChI is InChI=1S/C18H28N4O3/c1-12-5-6-13-9-14(10-22-8-7-21(2)11-15(22)23)16(18(24-3)25-4)20-17(13)19-12/h9,12,18H,5-8,10-11H2,1-4H3,(H,19,20)/t12-/m0/s1. The van der Waals surface area contributed by atoms with Gasteiger partial charge in [0.2, 0.25) is 12.2 Å². The van der Waals surface area contributed by atoms with E-state index in [1.807, 2.05) is 16.8 Å². The first-order valence-electron chi connectivity index (χ1n) is 8.83. The Kier molecular flexibility index (Phi) is 5.56. The number of carbonyl (C=O) groups is 1. The molecule has 1 saturated heterocycles. The Labute approximate surface area is 149 Å². The minimum atomic E-state index is -0.540. The van der Waals surface area contributed by atoms with Crippen LogP contribution < -0.4 is 5.32 Å². The zero-order valence-corrected chi connectivity index (χ0v) is 15.5. The van der Waals surface area contributed by atoms with E-state index in [0.717, 1.165) is 43.0 Å². The van der Waals surface area contributed by atoms with Gasteiger partial charge in [-0.15, -0.1) is 0 Å². The molecule has 0 saturated carbocycles. The van der Waals surface area contributed by atoms with Crippen LogP contribution in [0.1, 0.15) is 36.5 Å². The molecule has 1 N–H and O–H groups in total. The summed E-state index contributed by atoms with van der Waals surface area (Å²) in [5.74, 6) is 1.05. The molecule has 138 valence electrons. The van der Waals surface area contributed by atoms with E-state index in [9.17, 15) is 4.79 Å². The van der Waals surface area contributed by atoms with Crippen LogP contribution in [-0.2, 0) is 27.2 Å². The van der Waals surface area contributed by atoms with Gasteiger partial charge in [0, 0.05) is 39.9 Å². The normalized spacial score (nSPS) is 21.4. The predicted molar refractivity (Wildman–Crippen MR) is 95.3 cm³/mol. The number of anilines is 1. The van der Waals surface area contributed by atoms with E-state index in [1.165, 1.54) is 5.56 Å². The zero-order valence-electron chi connectivity index (χ0n) is 15.5. The number of hydrogen-bond donors (Lipinski definition) is 1. The molecular weight excluding hydrogens is 320 g/mol. The van der Waals surface area contributed by atoms with Gasteiger partial charge in [-0.2, -0.15) is 0 Å². The van der Waals surface area contributed by atoms with Gasteiger partial charge < -0.3 is 19.7 Å². The Balaban J connectivity index is 1.92. The third-order valence-electron chi connectivity index (χ3n) is 4.97. The quantitative estimate of drug-likeness (QED) is 0.811. The highest BCUT2D eigenvalue weighted by molar-refractivity contribution is 5.79. The maximum atomic E-state index is 12.4. The number of nitrogens with zero attached hydrogens (tertiary/aromatic N) is 3. The summed E-state index contributed by atoms with van der Waals surface area (Å²) in [6, 6.07) is 2.56. The molecular formula is C18H28N4O3. The van der Waals surface area contributed by atoms with Crippen molar-refractivity contribution in [2.75, 3.05) is 46.2 Å². The highest BCUT2D eigenvalue weighted by Gasteiger charge is 2.27. The Hall–Kier alpha value is -1.70. The lowest BCUT2D eigenvalue weighted by atomic mass is 9.99. The molecule has 7 nitrogen and oxygen atoms in total. The van der Waals surface area contributed by atoms with Gasteiger partial charge in [-0.05, 0) is 44.0 Å². The largest absolute Gasteiger partial charge is 0.367 e. The van der Waals surface area contributed by atoms with E-state index >= 15 is 0 Å². The number of carbonyl (C=O) groups excluding carboxylic acids is 1. The molecule has 0 radical (unpaired) electrons. The molecule has 2 aliphatic heterocycles. The average molecular weight is 348 g/mol. The number of aromatic nitrogens is 1. The summed E-state index contributed by atoms with van der Waals surface area (Å²) in [4.78, 5) is 21.1. The van der Waals surface area contributed by atoms with Crippen LogP contribution in [0, 0.1) is 0 Å². The van der Waals surface area contributed by atoms with Gasteiger partial charge in [0.25, 0.3) is 0 Å². The molecule has 1 aromatic rings. The fourth-order valence-corrected chi connectivity index (χ4v) is 3.46. The third kappa shape index (κ3) is 3.94. The van der Waals surface area contributed by atoms with E-state index in [1.54, 1.807) is 14.2 Å². The van der Waals surface area contributed by atoms with Crippen molar-refractivity contribution in [2.45, 2.75) is 38.6 Å². The first-order valence-corrected chi connectivity index (χ1v) is 8.83. The van der Waals surface area contributed by atoms with E-state index in [4.69, 9.17) is 14.5 Å². The van der Waals surface area contributed by atoms with Crippen LogP contribution in [0.2, 0.25) is 0 Å². The maximum absolute atomic E-state index is 12.4. The van der Waals surface area contributed by atoms with E-state index in [2.05, 4.69) is 18.3 Å². The number of aryl methyl sites for hydroxylation is 1. The van der Waals surface area contributed by atoms with Crippen LogP contribution >= 0.6 is 0 Å². The molecule has 7 heteroatoms. The second kappa shape index (κ2) is 7.68. The summed E-state index contributed by atoms with van der Waals surface area (Å²) >= 11 is 0. The highest BCUT2D eigenvalue weighted by atomic mass is 16.7. The summed E-state index contributed by atoms with van der Waals surface area (Å²) < 4.78 is 10.9. The van der Waals surface area contributed by atoms with Gasteiger partial charge in [-0.25, -0.2) is 4.98 Å². The Morgan fingerprint density at radius 2 is 2.12 bits per heavy atom. The van der Waals surface area contributed by atoms with Gasteiger partial charge in [-0.3, -0.25) is 9.69 Å². The molecule has 25 heavy (non-hydrogen) atoms. The number of rotatable bonds is 5. The molecule has 1 aromatic heterocycles. The lowest BCUT2D eigenvalue weighted by Crippen LogP contribution is -2.48. The summed E-state index contributed by atoms with van der Waals surface area (Å²) in [5.41, 5.74) is 2.95. The summed E-state index contributed by atoms with van der Waals surface area (Å²) in [7, 11) is 5.19. The summed E-state index contributed by atoms with van der Waals surface area (Å²) in [6.07, 6.45) is 1.53. The topological polar surface area (TPSA) is 66.9 Å². The van der Waals surface area contributed by atoms with Crippen molar-refractivity contribution in [3.05, 3.63) is 22.9 Å². The number of methoxy groups -OCH3 is 2. The number of fused-ring (bicyclic) bond motifs is 1. The number of amides is 1. The lowest BCUT2D eigenvalue weighted by molar-refractivity contribution is -0.136. The minimum absolute atomic E-state index is 0.149. The Morgan fingerprint density at radius 1 is 1.36 bits per heavy atom. The van der Waals surface area contributed by atoms with Crippen LogP contribution in [0.25, 0.3) is 0 Å². The Bertz CT molecular complexity index is 633. The molecule has 1 fully saturated rings. The fraction of sp³-hybridized carbons (Fsp3) is 0.667. The van der Waals surface area contributed by atoms with Gasteiger partial charge >= 0.3 is 0 Å². The minimum Gasteiger partial charge on any atom is -0.367 e. The second-order valence-corrected chi connectivity index (χ2v) is 6.98. The average Bonchev–Trinajstić information content (AvgIpc) is 2.59. The number of pyridine rings is 1. The molecule has 0 spiro atoms. The maximum Gasteiger partial charge on any atom is 0.237 e. The van der Waals surface area contributed by atoms with Gasteiger partial charge in [0.15, 0.2) is 0 Å². The predicted octanol–water partition coefficient (Wildman–Crippen LogP) is 1.39. The van der Waals surface area contributed by atoms with Crippen molar-refractivity contribution in [3.8, 4) is 0 Å². The molecule has 0 aliphatic carbocycles. The van der Waals surface area contributed by atoms with Gasteiger partial charge in [0.1, 0.15) is 11.5 Å². The van der Waals surface area contributed by atoms with Crippen LogP contribution in [0.5, 0.6) is 0 Å². The molecule has 3 heterocycles. The monoisotopic (exact) mass is 348 g/mol. The summed E-state index contributed by atoms with van der Waals surface area (Å²) in [5, 5.41) is 3.44. The smallest absolute Gasteiger partial charge is 0.237 e. The number of ether oxygens (including phenoxy) is 2. The number of piperazine rings is 1. The number of likely N-dealkylation sites (N-methyl/N-ethyl adjacent to an activating group) is 1. The third-order valence-corrected chi connectivity index (χ3v) is 4.97. The van der Waals surface area contributed by atoms with E-state index < -0.39 is 6.29 Å². The van der Waals surface area contributed by atoms with Crippen molar-refractivity contribution >= 4 is 11.7 Å². The number of nitrogens with one attached hydrogen (secondary N) is 1. The first-order chi connectivity index (χ1) is 12.0.